The second-order valence-corrected chi connectivity index (χ2v) is 11.7. The summed E-state index contributed by atoms with van der Waals surface area (Å²) >= 11 is 0. The number of carbonyl (C=O) groups excluding carboxylic acids is 2. The molecule has 1 aliphatic carbocycles. The number of anilines is 1. The van der Waals surface area contributed by atoms with Gasteiger partial charge in [0, 0.05) is 22.6 Å². The average molecular weight is 548 g/mol. The van der Waals surface area contributed by atoms with Gasteiger partial charge in [0.15, 0.2) is 11.6 Å². The van der Waals surface area contributed by atoms with Crippen molar-refractivity contribution in [2.24, 2.45) is 0 Å². The predicted octanol–water partition coefficient (Wildman–Crippen LogP) is 6.68. The van der Waals surface area contributed by atoms with Crippen molar-refractivity contribution in [1.29, 1.82) is 0 Å². The minimum atomic E-state index is -4.22. The van der Waals surface area contributed by atoms with Crippen LogP contribution in [-0.2, 0) is 14.8 Å². The van der Waals surface area contributed by atoms with Crippen LogP contribution in [0.4, 0.5) is 5.69 Å². The van der Waals surface area contributed by atoms with Gasteiger partial charge in [-0.3, -0.25) is 13.9 Å². The van der Waals surface area contributed by atoms with Crippen molar-refractivity contribution in [3.63, 3.8) is 0 Å². The molecule has 2 atom stereocenters. The van der Waals surface area contributed by atoms with Crippen molar-refractivity contribution in [3.05, 3.63) is 155 Å². The molecule has 0 fully saturated rings. The Balaban J connectivity index is 1.82. The van der Waals surface area contributed by atoms with Gasteiger partial charge in [-0.2, -0.15) is 0 Å². The molecular weight excluding hydrogens is 518 g/mol. The predicted molar refractivity (Wildman–Crippen MR) is 158 cm³/mol. The zero-order valence-corrected chi connectivity index (χ0v) is 23.1. The Labute approximate surface area is 235 Å². The molecule has 2 unspecified atom stereocenters. The van der Waals surface area contributed by atoms with Crippen molar-refractivity contribution in [2.45, 2.75) is 30.7 Å². The molecule has 4 aromatic carbocycles. The number of nitrogens with zero attached hydrogens (tertiary/aromatic N) is 1. The monoisotopic (exact) mass is 547 g/mol. The first-order valence-electron chi connectivity index (χ1n) is 13.0. The lowest BCUT2D eigenvalue weighted by atomic mass is 9.87. The maximum atomic E-state index is 14.5. The molecule has 1 aliphatic rings. The second kappa shape index (κ2) is 10.9. The van der Waals surface area contributed by atoms with Crippen LogP contribution in [0.2, 0.25) is 0 Å². The lowest BCUT2D eigenvalue weighted by Gasteiger charge is -2.33. The number of carbonyl (C=O) groups is 2. The topological polar surface area (TPSA) is 71.5 Å². The standard InChI is InChI=1S/C34H29NO4S/c1-23-19-21-29(22-20-23)40(38,39)35(28-17-11-6-12-18-28)33-24(2)30(26-13-7-4-8-14-26)31(25(3)36)32(33)34(37)27-15-9-5-10-16-27/h4-22,30,33H,2H2,1,3H3. The molecule has 200 valence electrons. The Hall–Kier alpha value is -4.55. The minimum absolute atomic E-state index is 0.0776. The van der Waals surface area contributed by atoms with Gasteiger partial charge >= 0.3 is 0 Å². The van der Waals surface area contributed by atoms with Crippen molar-refractivity contribution in [1.82, 2.24) is 0 Å². The fourth-order valence-electron chi connectivity index (χ4n) is 5.34. The van der Waals surface area contributed by atoms with E-state index >= 15 is 0 Å². The van der Waals surface area contributed by atoms with E-state index in [0.29, 0.717) is 16.8 Å². The normalized spacial score (nSPS) is 17.1. The highest BCUT2D eigenvalue weighted by atomic mass is 32.2. The third-order valence-electron chi connectivity index (χ3n) is 7.19. The van der Waals surface area contributed by atoms with E-state index in [1.807, 2.05) is 37.3 Å². The Morgan fingerprint density at radius 2 is 1.25 bits per heavy atom. The molecule has 0 saturated carbocycles. The Bertz CT molecular complexity index is 1710. The van der Waals surface area contributed by atoms with Gasteiger partial charge in [-0.1, -0.05) is 103 Å². The highest BCUT2D eigenvalue weighted by Crippen LogP contribution is 2.48. The van der Waals surface area contributed by atoms with Crippen LogP contribution in [0.5, 0.6) is 0 Å². The fourth-order valence-corrected chi connectivity index (χ4v) is 6.96. The van der Waals surface area contributed by atoms with E-state index in [4.69, 9.17) is 0 Å². The Morgan fingerprint density at radius 3 is 1.80 bits per heavy atom. The first-order chi connectivity index (χ1) is 19.2. The number of aryl methyl sites for hydroxylation is 1. The second-order valence-electron chi connectivity index (χ2n) is 9.85. The quantitative estimate of drug-likeness (QED) is 0.182. The Morgan fingerprint density at radius 1 is 0.725 bits per heavy atom. The molecule has 0 amide bonds. The van der Waals surface area contributed by atoms with Crippen LogP contribution in [-0.4, -0.2) is 26.0 Å². The lowest BCUT2D eigenvalue weighted by Crippen LogP contribution is -2.43. The number of Topliss-reactive ketones (excluding diaryl/α,β-unsaturated/α-hetero) is 2. The van der Waals surface area contributed by atoms with Gasteiger partial charge in [-0.15, -0.1) is 0 Å². The van der Waals surface area contributed by atoms with Crippen LogP contribution in [0.1, 0.15) is 34.3 Å². The van der Waals surface area contributed by atoms with Crippen LogP contribution in [0.3, 0.4) is 0 Å². The summed E-state index contributed by atoms with van der Waals surface area (Å²) in [5, 5.41) is 0. The summed E-state index contributed by atoms with van der Waals surface area (Å²) in [5.41, 5.74) is 3.23. The average Bonchev–Trinajstić information content (AvgIpc) is 3.27. The Kier molecular flexibility index (Phi) is 7.37. The van der Waals surface area contributed by atoms with Crippen molar-refractivity contribution in [3.8, 4) is 0 Å². The zero-order valence-electron chi connectivity index (χ0n) is 22.3. The molecular formula is C34H29NO4S. The maximum Gasteiger partial charge on any atom is 0.265 e. The largest absolute Gasteiger partial charge is 0.295 e. The number of ketones is 2. The van der Waals surface area contributed by atoms with Crippen LogP contribution in [0.15, 0.2) is 143 Å². The first-order valence-corrected chi connectivity index (χ1v) is 14.4. The molecule has 0 aliphatic heterocycles. The highest BCUT2D eigenvalue weighted by molar-refractivity contribution is 7.92. The molecule has 5 rings (SSSR count). The van der Waals surface area contributed by atoms with Gasteiger partial charge < -0.3 is 0 Å². The lowest BCUT2D eigenvalue weighted by molar-refractivity contribution is -0.113. The molecule has 0 saturated heterocycles. The molecule has 0 radical (unpaired) electrons. The SMILES string of the molecule is C=C1C(c2ccccc2)C(C(C)=O)=C(C(=O)c2ccccc2)C1N(c1ccccc1)S(=O)(=O)c1ccc(C)cc1. The van der Waals surface area contributed by atoms with Crippen molar-refractivity contribution < 1.29 is 18.0 Å². The third kappa shape index (κ3) is 4.82. The first kappa shape index (κ1) is 27.0. The molecule has 40 heavy (non-hydrogen) atoms. The molecule has 0 spiro atoms. The molecule has 4 aromatic rings. The summed E-state index contributed by atoms with van der Waals surface area (Å²) in [6.45, 7) is 7.67. The van der Waals surface area contributed by atoms with E-state index in [-0.39, 0.29) is 21.8 Å². The van der Waals surface area contributed by atoms with Crippen LogP contribution < -0.4 is 4.31 Å². The number of hydrogen-bond acceptors (Lipinski definition) is 4. The number of benzene rings is 4. The van der Waals surface area contributed by atoms with Crippen LogP contribution in [0.25, 0.3) is 0 Å². The summed E-state index contributed by atoms with van der Waals surface area (Å²) in [7, 11) is -4.22. The van der Waals surface area contributed by atoms with Crippen LogP contribution >= 0.6 is 0 Å². The summed E-state index contributed by atoms with van der Waals surface area (Å²) in [6.07, 6.45) is 0. The van der Waals surface area contributed by atoms with E-state index in [9.17, 15) is 18.0 Å². The smallest absolute Gasteiger partial charge is 0.265 e. The number of rotatable bonds is 8. The number of para-hydroxylation sites is 1. The molecule has 0 heterocycles. The van der Waals surface area contributed by atoms with Gasteiger partial charge in [0.1, 0.15) is 0 Å². The summed E-state index contributed by atoms with van der Waals surface area (Å²) < 4.78 is 30.2. The van der Waals surface area contributed by atoms with E-state index < -0.39 is 27.8 Å². The van der Waals surface area contributed by atoms with Crippen molar-refractivity contribution >= 4 is 27.3 Å². The minimum Gasteiger partial charge on any atom is -0.295 e. The summed E-state index contributed by atoms with van der Waals surface area (Å²) in [5.74, 6) is -1.38. The van der Waals surface area contributed by atoms with Gasteiger partial charge in [0.25, 0.3) is 10.0 Å². The molecule has 0 aromatic heterocycles. The van der Waals surface area contributed by atoms with Gasteiger partial charge in [-0.25, -0.2) is 8.42 Å². The molecule has 5 nitrogen and oxygen atoms in total. The van der Waals surface area contributed by atoms with E-state index in [0.717, 1.165) is 11.1 Å². The number of hydrogen-bond donors (Lipinski definition) is 0. The number of allylic oxidation sites excluding steroid dienone is 1. The van der Waals surface area contributed by atoms with Crippen molar-refractivity contribution in [2.75, 3.05) is 4.31 Å². The maximum absolute atomic E-state index is 14.5. The van der Waals surface area contributed by atoms with E-state index in [1.165, 1.54) is 11.2 Å². The molecule has 6 heteroatoms. The summed E-state index contributed by atoms with van der Waals surface area (Å²) in [4.78, 5) is 27.7. The zero-order chi connectivity index (χ0) is 28.4. The van der Waals surface area contributed by atoms with E-state index in [2.05, 4.69) is 6.58 Å². The molecule has 0 N–H and O–H groups in total. The van der Waals surface area contributed by atoms with Gasteiger partial charge in [0.2, 0.25) is 0 Å². The van der Waals surface area contributed by atoms with Gasteiger partial charge in [-0.05, 0) is 49.2 Å². The van der Waals surface area contributed by atoms with Gasteiger partial charge in [0.05, 0.1) is 16.6 Å². The fraction of sp³-hybridized carbons (Fsp3) is 0.118. The third-order valence-corrected chi connectivity index (χ3v) is 9.00. The molecule has 0 bridgehead atoms. The number of sulfonamides is 1. The van der Waals surface area contributed by atoms with Crippen LogP contribution in [0, 0.1) is 6.92 Å². The van der Waals surface area contributed by atoms with E-state index in [1.54, 1.807) is 84.9 Å². The highest BCUT2D eigenvalue weighted by Gasteiger charge is 2.48. The summed E-state index contributed by atoms with van der Waals surface area (Å²) in [6, 6.07) is 32.1.